The SMILES string of the molecule is CCC(C)N(C)S(=O)(=O)c1c(N)ccc(C)c1C. The van der Waals surface area contributed by atoms with Crippen molar-refractivity contribution in [3.8, 4) is 0 Å². The van der Waals surface area contributed by atoms with Crippen LogP contribution in [-0.2, 0) is 10.0 Å². The summed E-state index contributed by atoms with van der Waals surface area (Å²) in [6, 6.07) is 3.45. The minimum atomic E-state index is -3.53. The lowest BCUT2D eigenvalue weighted by atomic mass is 10.1. The van der Waals surface area contributed by atoms with Crippen molar-refractivity contribution in [2.75, 3.05) is 12.8 Å². The summed E-state index contributed by atoms with van der Waals surface area (Å²) in [7, 11) is -1.92. The van der Waals surface area contributed by atoms with E-state index < -0.39 is 10.0 Å². The van der Waals surface area contributed by atoms with E-state index in [0.29, 0.717) is 5.69 Å². The molecule has 0 saturated carbocycles. The molecule has 1 unspecified atom stereocenters. The molecule has 0 fully saturated rings. The molecular weight excluding hydrogens is 248 g/mol. The molecule has 2 N–H and O–H groups in total. The van der Waals surface area contributed by atoms with E-state index in [1.165, 1.54) is 4.31 Å². The zero-order valence-corrected chi connectivity index (χ0v) is 12.5. The van der Waals surface area contributed by atoms with E-state index in [9.17, 15) is 8.42 Å². The highest BCUT2D eigenvalue weighted by Crippen LogP contribution is 2.28. The molecule has 0 aliphatic rings. The fourth-order valence-corrected chi connectivity index (χ4v) is 3.62. The minimum absolute atomic E-state index is 0.0469. The average molecular weight is 270 g/mol. The quantitative estimate of drug-likeness (QED) is 0.854. The minimum Gasteiger partial charge on any atom is -0.398 e. The first-order valence-electron chi connectivity index (χ1n) is 6.07. The van der Waals surface area contributed by atoms with Crippen LogP contribution >= 0.6 is 0 Å². The molecule has 5 heteroatoms. The van der Waals surface area contributed by atoms with Gasteiger partial charge in [-0.1, -0.05) is 13.0 Å². The zero-order valence-electron chi connectivity index (χ0n) is 11.7. The second kappa shape index (κ2) is 5.28. The Labute approximate surface area is 110 Å². The van der Waals surface area contributed by atoms with E-state index >= 15 is 0 Å². The van der Waals surface area contributed by atoms with E-state index in [-0.39, 0.29) is 10.9 Å². The van der Waals surface area contributed by atoms with E-state index in [1.807, 2.05) is 26.8 Å². The van der Waals surface area contributed by atoms with Crippen molar-refractivity contribution in [1.82, 2.24) is 4.31 Å². The van der Waals surface area contributed by atoms with Gasteiger partial charge in [0.25, 0.3) is 0 Å². The van der Waals surface area contributed by atoms with Gasteiger partial charge in [-0.15, -0.1) is 0 Å². The van der Waals surface area contributed by atoms with Gasteiger partial charge in [0.2, 0.25) is 10.0 Å². The molecule has 0 bridgehead atoms. The highest BCUT2D eigenvalue weighted by atomic mass is 32.2. The first-order chi connectivity index (χ1) is 8.23. The standard InChI is InChI=1S/C13H22N2O2S/c1-6-10(3)15(5)18(16,17)13-11(4)9(2)7-8-12(13)14/h7-8,10H,6,14H2,1-5H3. The van der Waals surface area contributed by atoms with Crippen LogP contribution in [0, 0.1) is 13.8 Å². The fraction of sp³-hybridized carbons (Fsp3) is 0.538. The topological polar surface area (TPSA) is 63.4 Å². The Hall–Kier alpha value is -1.07. The number of sulfonamides is 1. The maximum absolute atomic E-state index is 12.6. The molecule has 1 aromatic rings. The third kappa shape index (κ3) is 2.52. The second-order valence-corrected chi connectivity index (χ2v) is 6.64. The van der Waals surface area contributed by atoms with E-state index in [0.717, 1.165) is 17.5 Å². The Morgan fingerprint density at radius 3 is 2.39 bits per heavy atom. The molecule has 0 amide bonds. The molecule has 1 aromatic carbocycles. The summed E-state index contributed by atoms with van der Waals surface area (Å²) in [5, 5.41) is 0. The van der Waals surface area contributed by atoms with Crippen molar-refractivity contribution in [2.45, 2.75) is 45.1 Å². The number of hydrogen-bond acceptors (Lipinski definition) is 3. The van der Waals surface area contributed by atoms with Crippen LogP contribution in [0.3, 0.4) is 0 Å². The van der Waals surface area contributed by atoms with Gasteiger partial charge in [0.15, 0.2) is 0 Å². The van der Waals surface area contributed by atoms with Gasteiger partial charge in [-0.25, -0.2) is 8.42 Å². The van der Waals surface area contributed by atoms with Gasteiger partial charge in [-0.2, -0.15) is 4.31 Å². The third-order valence-electron chi connectivity index (χ3n) is 3.56. The summed E-state index contributed by atoms with van der Waals surface area (Å²) in [6.45, 7) is 7.53. The summed E-state index contributed by atoms with van der Waals surface area (Å²) in [4.78, 5) is 0.241. The molecule has 0 heterocycles. The van der Waals surface area contributed by atoms with Crippen LogP contribution in [0.2, 0.25) is 0 Å². The number of nitrogens with two attached hydrogens (primary N) is 1. The van der Waals surface area contributed by atoms with Crippen molar-refractivity contribution in [1.29, 1.82) is 0 Å². The third-order valence-corrected chi connectivity index (χ3v) is 5.73. The van der Waals surface area contributed by atoms with E-state index in [4.69, 9.17) is 5.73 Å². The highest BCUT2D eigenvalue weighted by molar-refractivity contribution is 7.89. The first-order valence-corrected chi connectivity index (χ1v) is 7.51. The lowest BCUT2D eigenvalue weighted by Crippen LogP contribution is -2.35. The van der Waals surface area contributed by atoms with Crippen LogP contribution in [0.5, 0.6) is 0 Å². The molecule has 102 valence electrons. The molecule has 1 rings (SSSR count). The monoisotopic (exact) mass is 270 g/mol. The Bertz CT molecular complexity index is 538. The summed E-state index contributed by atoms with van der Waals surface area (Å²) in [5.41, 5.74) is 7.82. The lowest BCUT2D eigenvalue weighted by Gasteiger charge is -2.25. The van der Waals surface area contributed by atoms with Crippen molar-refractivity contribution >= 4 is 15.7 Å². The predicted molar refractivity (Wildman–Crippen MR) is 75.0 cm³/mol. The highest BCUT2D eigenvalue weighted by Gasteiger charge is 2.28. The summed E-state index contributed by atoms with van der Waals surface area (Å²) >= 11 is 0. The Morgan fingerprint density at radius 2 is 1.89 bits per heavy atom. The maximum atomic E-state index is 12.6. The molecule has 0 saturated heterocycles. The molecule has 0 radical (unpaired) electrons. The summed E-state index contributed by atoms with van der Waals surface area (Å²) < 4.78 is 26.5. The van der Waals surface area contributed by atoms with Crippen LogP contribution < -0.4 is 5.73 Å². The first kappa shape index (κ1) is 15.0. The van der Waals surface area contributed by atoms with Gasteiger partial charge in [-0.3, -0.25) is 0 Å². The van der Waals surface area contributed by atoms with Crippen molar-refractivity contribution in [3.63, 3.8) is 0 Å². The number of nitrogen functional groups attached to an aromatic ring is 1. The number of anilines is 1. The number of aryl methyl sites for hydroxylation is 1. The number of hydrogen-bond donors (Lipinski definition) is 1. The van der Waals surface area contributed by atoms with Gasteiger partial charge >= 0.3 is 0 Å². The van der Waals surface area contributed by atoms with Crippen molar-refractivity contribution < 1.29 is 8.42 Å². The van der Waals surface area contributed by atoms with Crippen LogP contribution in [0.15, 0.2) is 17.0 Å². The molecular formula is C13H22N2O2S. The molecule has 0 aromatic heterocycles. The van der Waals surface area contributed by atoms with Gasteiger partial charge in [-0.05, 0) is 44.4 Å². The summed E-state index contributed by atoms with van der Waals surface area (Å²) in [5.74, 6) is 0. The summed E-state index contributed by atoms with van der Waals surface area (Å²) in [6.07, 6.45) is 0.764. The van der Waals surface area contributed by atoms with Crippen LogP contribution in [0.4, 0.5) is 5.69 Å². The van der Waals surface area contributed by atoms with Gasteiger partial charge in [0.1, 0.15) is 4.90 Å². The number of nitrogens with zero attached hydrogens (tertiary/aromatic N) is 1. The van der Waals surface area contributed by atoms with Gasteiger partial charge in [0.05, 0.1) is 5.69 Å². The van der Waals surface area contributed by atoms with Crippen molar-refractivity contribution in [3.05, 3.63) is 23.3 Å². The fourth-order valence-electron chi connectivity index (χ4n) is 1.79. The van der Waals surface area contributed by atoms with Crippen LogP contribution in [0.25, 0.3) is 0 Å². The Morgan fingerprint density at radius 1 is 1.33 bits per heavy atom. The van der Waals surface area contributed by atoms with Gasteiger partial charge < -0.3 is 5.73 Å². The predicted octanol–water partition coefficient (Wildman–Crippen LogP) is 2.30. The molecule has 18 heavy (non-hydrogen) atoms. The van der Waals surface area contributed by atoms with E-state index in [1.54, 1.807) is 20.0 Å². The maximum Gasteiger partial charge on any atom is 0.245 e. The largest absolute Gasteiger partial charge is 0.398 e. The van der Waals surface area contributed by atoms with Crippen molar-refractivity contribution in [2.24, 2.45) is 0 Å². The molecule has 0 aliphatic heterocycles. The molecule has 4 nitrogen and oxygen atoms in total. The van der Waals surface area contributed by atoms with E-state index in [2.05, 4.69) is 0 Å². The molecule has 1 atom stereocenters. The number of rotatable bonds is 4. The smallest absolute Gasteiger partial charge is 0.245 e. The zero-order chi connectivity index (χ0) is 14.1. The lowest BCUT2D eigenvalue weighted by molar-refractivity contribution is 0.380. The van der Waals surface area contributed by atoms with Crippen LogP contribution in [-0.4, -0.2) is 25.8 Å². The number of benzene rings is 1. The Kier molecular flexibility index (Phi) is 4.40. The second-order valence-electron chi connectivity index (χ2n) is 4.70. The average Bonchev–Trinajstić information content (AvgIpc) is 2.32. The Balaban J connectivity index is 3.42. The molecule has 0 aliphatic carbocycles. The van der Waals surface area contributed by atoms with Gasteiger partial charge in [0, 0.05) is 13.1 Å². The van der Waals surface area contributed by atoms with Crippen LogP contribution in [0.1, 0.15) is 31.4 Å². The normalized spacial score (nSPS) is 13.9. The molecule has 0 spiro atoms.